The predicted octanol–water partition coefficient (Wildman–Crippen LogP) is 3.40. The van der Waals surface area contributed by atoms with Gasteiger partial charge >= 0.3 is 6.01 Å². The molecule has 0 fully saturated rings. The van der Waals surface area contributed by atoms with Gasteiger partial charge in [0, 0.05) is 29.0 Å². The summed E-state index contributed by atoms with van der Waals surface area (Å²) in [4.78, 5) is 8.23. The Kier molecular flexibility index (Phi) is 4.52. The molecule has 18 heavy (non-hydrogen) atoms. The first kappa shape index (κ1) is 13.3. The van der Waals surface area contributed by atoms with Crippen LogP contribution in [0.1, 0.15) is 5.56 Å². The molecule has 6 heteroatoms. The second-order valence-electron chi connectivity index (χ2n) is 3.58. The highest BCUT2D eigenvalue weighted by Gasteiger charge is 2.06. The molecule has 1 heterocycles. The summed E-state index contributed by atoms with van der Waals surface area (Å²) in [7, 11) is 1.87. The molecule has 94 valence electrons. The van der Waals surface area contributed by atoms with E-state index in [2.05, 4.69) is 31.2 Å². The molecule has 1 N–H and O–H groups in total. The second kappa shape index (κ2) is 6.13. The number of nitrogens with one attached hydrogen (secondary N) is 1. The fourth-order valence-electron chi connectivity index (χ4n) is 1.34. The van der Waals surface area contributed by atoms with Crippen LogP contribution in [0.5, 0.6) is 11.8 Å². The Morgan fingerprint density at radius 3 is 2.72 bits per heavy atom. The largest absolute Gasteiger partial charge is 0.423 e. The van der Waals surface area contributed by atoms with Crippen LogP contribution < -0.4 is 10.1 Å². The normalized spacial score (nSPS) is 10.4. The fourth-order valence-corrected chi connectivity index (χ4v) is 1.84. The Morgan fingerprint density at radius 2 is 2.06 bits per heavy atom. The van der Waals surface area contributed by atoms with Crippen molar-refractivity contribution in [2.75, 3.05) is 7.05 Å². The molecule has 0 atom stereocenters. The molecule has 0 bridgehead atoms. The Hall–Kier alpha value is -1.17. The van der Waals surface area contributed by atoms with Crippen molar-refractivity contribution < 1.29 is 4.74 Å². The van der Waals surface area contributed by atoms with E-state index in [1.807, 2.05) is 13.1 Å². The number of halogens is 2. The van der Waals surface area contributed by atoms with Gasteiger partial charge in [-0.25, -0.2) is 9.97 Å². The Bertz CT molecular complexity index is 533. The summed E-state index contributed by atoms with van der Waals surface area (Å²) in [5.41, 5.74) is 0.991. The summed E-state index contributed by atoms with van der Waals surface area (Å²) in [5.74, 6) is 0.521. The maximum absolute atomic E-state index is 6.02. The molecule has 0 amide bonds. The third-order valence-electron chi connectivity index (χ3n) is 2.16. The van der Waals surface area contributed by atoms with Gasteiger partial charge in [-0.05, 0) is 25.2 Å². The van der Waals surface area contributed by atoms with Gasteiger partial charge < -0.3 is 10.1 Å². The number of hydrogen-bond donors (Lipinski definition) is 1. The van der Waals surface area contributed by atoms with Gasteiger partial charge in [0.2, 0.25) is 0 Å². The molecule has 0 aliphatic heterocycles. The van der Waals surface area contributed by atoms with Crippen LogP contribution in [0.2, 0.25) is 5.02 Å². The van der Waals surface area contributed by atoms with E-state index in [1.165, 1.54) is 0 Å². The van der Waals surface area contributed by atoms with E-state index in [1.54, 1.807) is 24.5 Å². The lowest BCUT2D eigenvalue weighted by molar-refractivity contribution is 0.440. The quantitative estimate of drug-likeness (QED) is 0.934. The number of nitrogens with zero attached hydrogens (tertiary/aromatic N) is 2. The third-order valence-corrected chi connectivity index (χ3v) is 2.96. The zero-order valence-electron chi connectivity index (χ0n) is 9.65. The van der Waals surface area contributed by atoms with E-state index in [9.17, 15) is 0 Å². The van der Waals surface area contributed by atoms with Crippen LogP contribution in [0.15, 0.2) is 35.1 Å². The number of hydrogen-bond acceptors (Lipinski definition) is 4. The lowest BCUT2D eigenvalue weighted by Crippen LogP contribution is -2.06. The molecule has 1 aromatic carbocycles. The van der Waals surface area contributed by atoms with Crippen LogP contribution in [-0.4, -0.2) is 17.0 Å². The van der Waals surface area contributed by atoms with Gasteiger partial charge in [-0.15, -0.1) is 0 Å². The Balaban J connectivity index is 2.15. The van der Waals surface area contributed by atoms with E-state index >= 15 is 0 Å². The predicted molar refractivity (Wildman–Crippen MR) is 74.0 cm³/mol. The van der Waals surface area contributed by atoms with Crippen molar-refractivity contribution in [1.29, 1.82) is 0 Å². The molecule has 0 radical (unpaired) electrons. The van der Waals surface area contributed by atoms with Gasteiger partial charge in [-0.1, -0.05) is 27.5 Å². The molecule has 0 aliphatic carbocycles. The first-order valence-electron chi connectivity index (χ1n) is 5.27. The summed E-state index contributed by atoms with van der Waals surface area (Å²) in [5, 5.41) is 3.54. The minimum Gasteiger partial charge on any atom is -0.423 e. The monoisotopic (exact) mass is 327 g/mol. The molecule has 2 rings (SSSR count). The number of benzene rings is 1. The van der Waals surface area contributed by atoms with Crippen LogP contribution >= 0.6 is 27.5 Å². The lowest BCUT2D eigenvalue weighted by Gasteiger charge is -2.06. The first-order chi connectivity index (χ1) is 8.69. The van der Waals surface area contributed by atoms with E-state index in [4.69, 9.17) is 16.3 Å². The summed E-state index contributed by atoms with van der Waals surface area (Å²) in [6, 6.07) is 5.63. The van der Waals surface area contributed by atoms with Gasteiger partial charge in [0.25, 0.3) is 0 Å². The topological polar surface area (TPSA) is 47.0 Å². The Morgan fingerprint density at radius 1 is 1.33 bits per heavy atom. The highest BCUT2D eigenvalue weighted by Crippen LogP contribution is 2.30. The zero-order valence-corrected chi connectivity index (χ0v) is 12.0. The first-order valence-corrected chi connectivity index (χ1v) is 6.44. The molecule has 0 saturated carbocycles. The third kappa shape index (κ3) is 3.41. The number of ether oxygens (including phenoxy) is 1. The molecule has 4 nitrogen and oxygen atoms in total. The van der Waals surface area contributed by atoms with Gasteiger partial charge in [-0.3, -0.25) is 0 Å². The van der Waals surface area contributed by atoms with Crippen molar-refractivity contribution in [2.24, 2.45) is 0 Å². The van der Waals surface area contributed by atoms with Crippen molar-refractivity contribution in [1.82, 2.24) is 15.3 Å². The van der Waals surface area contributed by atoms with Crippen LogP contribution in [0.4, 0.5) is 0 Å². The average molecular weight is 329 g/mol. The van der Waals surface area contributed by atoms with E-state index < -0.39 is 0 Å². The molecule has 0 saturated heterocycles. The van der Waals surface area contributed by atoms with Gasteiger partial charge in [0.1, 0.15) is 0 Å². The van der Waals surface area contributed by atoms with Crippen molar-refractivity contribution in [2.45, 2.75) is 6.54 Å². The minimum absolute atomic E-state index is 0.273. The summed E-state index contributed by atoms with van der Waals surface area (Å²) in [6.45, 7) is 0.720. The fraction of sp³-hybridized carbons (Fsp3) is 0.167. The second-order valence-corrected chi connectivity index (χ2v) is 4.90. The number of aromatic nitrogens is 2. The summed E-state index contributed by atoms with van der Waals surface area (Å²) < 4.78 is 6.40. The van der Waals surface area contributed by atoms with E-state index in [-0.39, 0.29) is 6.01 Å². The standard InChI is InChI=1S/C12H11BrClN3O/c1-15-5-8-6-16-12(17-7-8)18-11-4-9(13)2-3-10(11)14/h2-4,6-7,15H,5H2,1H3. The lowest BCUT2D eigenvalue weighted by atomic mass is 10.3. The van der Waals surface area contributed by atoms with Crippen LogP contribution in [0, 0.1) is 0 Å². The smallest absolute Gasteiger partial charge is 0.321 e. The molecule has 2 aromatic rings. The highest BCUT2D eigenvalue weighted by atomic mass is 79.9. The Labute approximate surface area is 118 Å². The summed E-state index contributed by atoms with van der Waals surface area (Å²) in [6.07, 6.45) is 3.43. The van der Waals surface area contributed by atoms with Gasteiger partial charge in [0.05, 0.1) is 5.02 Å². The summed E-state index contributed by atoms with van der Waals surface area (Å²) >= 11 is 9.37. The molecule has 1 aromatic heterocycles. The highest BCUT2D eigenvalue weighted by molar-refractivity contribution is 9.10. The van der Waals surface area contributed by atoms with E-state index in [0.29, 0.717) is 10.8 Å². The van der Waals surface area contributed by atoms with Crippen LogP contribution in [0.25, 0.3) is 0 Å². The molecule has 0 aliphatic rings. The van der Waals surface area contributed by atoms with Crippen molar-refractivity contribution in [3.05, 3.63) is 45.7 Å². The van der Waals surface area contributed by atoms with Crippen LogP contribution in [0.3, 0.4) is 0 Å². The molecule has 0 unspecified atom stereocenters. The molecular formula is C12H11BrClN3O. The molecular weight excluding hydrogens is 318 g/mol. The van der Waals surface area contributed by atoms with Gasteiger partial charge in [-0.2, -0.15) is 0 Å². The minimum atomic E-state index is 0.273. The maximum atomic E-state index is 6.02. The average Bonchev–Trinajstić information content (AvgIpc) is 2.37. The van der Waals surface area contributed by atoms with Gasteiger partial charge in [0.15, 0.2) is 5.75 Å². The van der Waals surface area contributed by atoms with Crippen molar-refractivity contribution >= 4 is 27.5 Å². The maximum Gasteiger partial charge on any atom is 0.321 e. The SMILES string of the molecule is CNCc1cnc(Oc2cc(Br)ccc2Cl)nc1. The van der Waals surface area contributed by atoms with E-state index in [0.717, 1.165) is 16.6 Å². The van der Waals surface area contributed by atoms with Crippen molar-refractivity contribution in [3.8, 4) is 11.8 Å². The molecule has 0 spiro atoms. The van der Waals surface area contributed by atoms with Crippen LogP contribution in [-0.2, 0) is 6.54 Å². The number of rotatable bonds is 4. The van der Waals surface area contributed by atoms with Crippen molar-refractivity contribution in [3.63, 3.8) is 0 Å². The zero-order chi connectivity index (χ0) is 13.0.